The number of nitriles is 1. The molecule has 6 nitrogen and oxygen atoms in total. The molecule has 3 rings (SSSR count). The van der Waals surface area contributed by atoms with Gasteiger partial charge in [-0.3, -0.25) is 0 Å². The van der Waals surface area contributed by atoms with Gasteiger partial charge in [0, 0.05) is 11.3 Å². The van der Waals surface area contributed by atoms with Crippen molar-refractivity contribution in [1.29, 1.82) is 5.26 Å². The zero-order valence-corrected chi connectivity index (χ0v) is 19.7. The molecule has 34 heavy (non-hydrogen) atoms. The molecule has 0 aliphatic heterocycles. The molecule has 1 unspecified atom stereocenters. The number of carbonyl (C=O) groups is 1. The summed E-state index contributed by atoms with van der Waals surface area (Å²) in [6.07, 6.45) is 0.760. The predicted octanol–water partition coefficient (Wildman–Crippen LogP) is 4.64. The zero-order valence-electron chi connectivity index (χ0n) is 19.7. The fourth-order valence-electron chi connectivity index (χ4n) is 3.66. The average Bonchev–Trinajstić information content (AvgIpc) is 2.83. The summed E-state index contributed by atoms with van der Waals surface area (Å²) >= 11 is 0. The topological polar surface area (TPSA) is 94.4 Å². The molecule has 6 heteroatoms. The van der Waals surface area contributed by atoms with Gasteiger partial charge in [0.1, 0.15) is 18.1 Å². The quantitative estimate of drug-likeness (QED) is 0.451. The number of carboxylic acids is 1. The SMILES string of the molecule is CCOc1cc(C(Nc2ccc(C#N)cc2)C(=O)[O-])c(OCc2ccccc2)cc1CC(C)C. The molecule has 0 bridgehead atoms. The predicted molar refractivity (Wildman–Crippen MR) is 129 cm³/mol. The van der Waals surface area contributed by atoms with Gasteiger partial charge in [0.25, 0.3) is 0 Å². The van der Waals surface area contributed by atoms with Gasteiger partial charge in [-0.15, -0.1) is 0 Å². The van der Waals surface area contributed by atoms with Crippen LogP contribution in [0.15, 0.2) is 66.7 Å². The summed E-state index contributed by atoms with van der Waals surface area (Å²) in [6.45, 7) is 6.87. The van der Waals surface area contributed by atoms with Gasteiger partial charge in [-0.1, -0.05) is 44.2 Å². The molecule has 3 aromatic rings. The Kier molecular flexibility index (Phi) is 8.53. The molecule has 0 heterocycles. The van der Waals surface area contributed by atoms with Crippen molar-refractivity contribution in [3.8, 4) is 17.6 Å². The van der Waals surface area contributed by atoms with E-state index in [0.717, 1.165) is 17.5 Å². The minimum Gasteiger partial charge on any atom is -0.548 e. The average molecular weight is 458 g/mol. The van der Waals surface area contributed by atoms with E-state index in [9.17, 15) is 9.90 Å². The van der Waals surface area contributed by atoms with Crippen LogP contribution in [0.5, 0.6) is 11.5 Å². The van der Waals surface area contributed by atoms with Crippen LogP contribution in [-0.2, 0) is 17.8 Å². The maximum Gasteiger partial charge on any atom is 0.126 e. The van der Waals surface area contributed by atoms with Crippen molar-refractivity contribution >= 4 is 11.7 Å². The van der Waals surface area contributed by atoms with Gasteiger partial charge in [0.05, 0.1) is 30.3 Å². The number of aliphatic carboxylic acids is 1. The normalized spacial score (nSPS) is 11.5. The summed E-state index contributed by atoms with van der Waals surface area (Å²) in [5.74, 6) is 0.165. The molecule has 0 saturated heterocycles. The molecule has 1 atom stereocenters. The third-order valence-corrected chi connectivity index (χ3v) is 5.23. The lowest BCUT2D eigenvalue weighted by Gasteiger charge is -2.26. The van der Waals surface area contributed by atoms with Crippen LogP contribution >= 0.6 is 0 Å². The Morgan fingerprint density at radius 1 is 1.03 bits per heavy atom. The maximum atomic E-state index is 12.3. The lowest BCUT2D eigenvalue weighted by Crippen LogP contribution is -2.34. The van der Waals surface area contributed by atoms with Gasteiger partial charge in [-0.25, -0.2) is 0 Å². The molecular weight excluding hydrogens is 428 g/mol. The largest absolute Gasteiger partial charge is 0.548 e. The van der Waals surface area contributed by atoms with Crippen LogP contribution in [0.1, 0.15) is 49.1 Å². The molecule has 0 amide bonds. The van der Waals surface area contributed by atoms with Gasteiger partial charge >= 0.3 is 0 Å². The van der Waals surface area contributed by atoms with Crippen molar-refractivity contribution < 1.29 is 19.4 Å². The highest BCUT2D eigenvalue weighted by atomic mass is 16.5. The molecule has 0 aliphatic rings. The minimum atomic E-state index is -1.30. The van der Waals surface area contributed by atoms with Crippen molar-refractivity contribution in [1.82, 2.24) is 0 Å². The van der Waals surface area contributed by atoms with Crippen molar-refractivity contribution in [2.75, 3.05) is 11.9 Å². The summed E-state index contributed by atoms with van der Waals surface area (Å²) < 4.78 is 12.0. The Morgan fingerprint density at radius 3 is 2.32 bits per heavy atom. The third-order valence-electron chi connectivity index (χ3n) is 5.23. The first-order valence-electron chi connectivity index (χ1n) is 11.3. The van der Waals surface area contributed by atoms with E-state index in [4.69, 9.17) is 14.7 Å². The third kappa shape index (κ3) is 6.52. The van der Waals surface area contributed by atoms with Crippen LogP contribution in [0.4, 0.5) is 5.69 Å². The number of hydrogen-bond acceptors (Lipinski definition) is 6. The van der Waals surface area contributed by atoms with Crippen LogP contribution in [0.3, 0.4) is 0 Å². The fraction of sp³-hybridized carbons (Fsp3) is 0.286. The Balaban J connectivity index is 2.04. The number of benzene rings is 3. The highest BCUT2D eigenvalue weighted by Gasteiger charge is 2.22. The van der Waals surface area contributed by atoms with Crippen LogP contribution in [-0.4, -0.2) is 12.6 Å². The second-order valence-electron chi connectivity index (χ2n) is 8.39. The molecule has 176 valence electrons. The zero-order chi connectivity index (χ0) is 24.5. The molecule has 0 fully saturated rings. The van der Waals surface area contributed by atoms with E-state index in [0.29, 0.717) is 47.4 Å². The number of nitrogens with zero attached hydrogens (tertiary/aromatic N) is 1. The van der Waals surface area contributed by atoms with Crippen molar-refractivity contribution in [2.24, 2.45) is 5.92 Å². The number of ether oxygens (including phenoxy) is 2. The van der Waals surface area contributed by atoms with E-state index in [-0.39, 0.29) is 0 Å². The molecule has 0 spiro atoms. The summed E-state index contributed by atoms with van der Waals surface area (Å²) in [5, 5.41) is 24.3. The Hall–Kier alpha value is -3.98. The molecular formula is C28H29N2O4-. The first-order valence-corrected chi connectivity index (χ1v) is 11.3. The smallest absolute Gasteiger partial charge is 0.126 e. The highest BCUT2D eigenvalue weighted by molar-refractivity contribution is 5.79. The van der Waals surface area contributed by atoms with Gasteiger partial charge in [0.15, 0.2) is 0 Å². The van der Waals surface area contributed by atoms with Crippen LogP contribution in [0.25, 0.3) is 0 Å². The maximum absolute atomic E-state index is 12.3. The van der Waals surface area contributed by atoms with Crippen molar-refractivity contribution in [2.45, 2.75) is 39.8 Å². The van der Waals surface area contributed by atoms with E-state index in [1.165, 1.54) is 0 Å². The monoisotopic (exact) mass is 457 g/mol. The molecule has 0 aliphatic carbocycles. The summed E-state index contributed by atoms with van der Waals surface area (Å²) in [6, 6.07) is 20.7. The first-order chi connectivity index (χ1) is 16.4. The Labute approximate surface area is 200 Å². The minimum absolute atomic E-state index is 0.291. The number of carbonyl (C=O) groups excluding carboxylic acids is 1. The van der Waals surface area contributed by atoms with E-state index in [1.807, 2.05) is 43.3 Å². The van der Waals surface area contributed by atoms with Gasteiger partial charge in [-0.05, 0) is 66.8 Å². The van der Waals surface area contributed by atoms with E-state index >= 15 is 0 Å². The first kappa shape index (κ1) is 24.7. The van der Waals surface area contributed by atoms with Gasteiger partial charge in [0.2, 0.25) is 0 Å². The number of nitrogens with one attached hydrogen (secondary N) is 1. The number of anilines is 1. The Bertz CT molecular complexity index is 1140. The van der Waals surface area contributed by atoms with Crippen molar-refractivity contribution in [3.05, 3.63) is 89.0 Å². The summed E-state index contributed by atoms with van der Waals surface area (Å²) in [7, 11) is 0. The number of carboxylic acid groups (broad SMARTS) is 1. The van der Waals surface area contributed by atoms with Crippen molar-refractivity contribution in [3.63, 3.8) is 0 Å². The summed E-state index contributed by atoms with van der Waals surface area (Å²) in [4.78, 5) is 12.3. The summed E-state index contributed by atoms with van der Waals surface area (Å²) in [5.41, 5.74) is 3.37. The number of rotatable bonds is 11. The van der Waals surface area contributed by atoms with E-state index in [2.05, 4.69) is 25.2 Å². The molecule has 0 radical (unpaired) electrons. The second kappa shape index (κ2) is 11.8. The Morgan fingerprint density at radius 2 is 1.74 bits per heavy atom. The van der Waals surface area contributed by atoms with Crippen LogP contribution in [0.2, 0.25) is 0 Å². The van der Waals surface area contributed by atoms with Gasteiger partial charge < -0.3 is 24.7 Å². The number of hydrogen-bond donors (Lipinski definition) is 1. The molecule has 0 saturated carbocycles. The van der Waals surface area contributed by atoms with Gasteiger partial charge in [-0.2, -0.15) is 5.26 Å². The second-order valence-corrected chi connectivity index (χ2v) is 8.39. The standard InChI is InChI=1S/C28H30N2O4/c1-4-33-25-16-24(27(28(31)32)30-23-12-10-20(17-29)11-13-23)26(15-22(25)14-19(2)3)34-18-21-8-6-5-7-9-21/h5-13,15-16,19,27,30H,4,14,18H2,1-3H3,(H,31,32)/p-1. The lowest BCUT2D eigenvalue weighted by molar-refractivity contribution is -0.307. The van der Waals surface area contributed by atoms with E-state index in [1.54, 1.807) is 30.3 Å². The molecule has 3 aromatic carbocycles. The molecule has 0 aromatic heterocycles. The fourth-order valence-corrected chi connectivity index (χ4v) is 3.66. The van der Waals surface area contributed by atoms with E-state index < -0.39 is 12.0 Å². The highest BCUT2D eigenvalue weighted by Crippen LogP contribution is 2.36. The van der Waals surface area contributed by atoms with Crippen LogP contribution < -0.4 is 19.9 Å². The van der Waals surface area contributed by atoms with Crippen LogP contribution in [0, 0.1) is 17.2 Å². The molecule has 1 N–H and O–H groups in total. The lowest BCUT2D eigenvalue weighted by atomic mass is 9.96.